The summed E-state index contributed by atoms with van der Waals surface area (Å²) in [5.74, 6) is 1.16. The minimum Gasteiger partial charge on any atom is -0.408 e. The standard InChI is InChI=1S/C12H15N3OS2/c1-12(2,3)10-13-7(6-4-5-6)8(18-10)9-14-15-11(17)16-9/h6H,4-5H2,1-3H3,(H,15,17). The molecule has 0 amide bonds. The van der Waals surface area contributed by atoms with Gasteiger partial charge in [0.25, 0.3) is 10.7 Å². The molecule has 6 heteroatoms. The molecule has 0 saturated heterocycles. The van der Waals surface area contributed by atoms with Crippen molar-refractivity contribution >= 4 is 23.6 Å². The molecule has 0 aromatic carbocycles. The summed E-state index contributed by atoms with van der Waals surface area (Å²) in [4.78, 5) is 6.15. The lowest BCUT2D eigenvalue weighted by Crippen LogP contribution is -2.10. The maximum atomic E-state index is 5.43. The van der Waals surface area contributed by atoms with Crippen molar-refractivity contribution in [2.24, 2.45) is 0 Å². The second-order valence-corrected chi connectivity index (χ2v) is 7.05. The van der Waals surface area contributed by atoms with Crippen molar-refractivity contribution in [3.8, 4) is 10.8 Å². The topological polar surface area (TPSA) is 54.7 Å². The van der Waals surface area contributed by atoms with Gasteiger partial charge in [0.2, 0.25) is 0 Å². The molecule has 0 bridgehead atoms. The molecule has 2 heterocycles. The Labute approximate surface area is 114 Å². The zero-order valence-corrected chi connectivity index (χ0v) is 12.2. The minimum atomic E-state index is 0.0552. The Bertz CT molecular complexity index is 628. The fraction of sp³-hybridized carbons (Fsp3) is 0.583. The first kappa shape index (κ1) is 12.0. The molecule has 2 aromatic heterocycles. The van der Waals surface area contributed by atoms with E-state index in [-0.39, 0.29) is 5.41 Å². The molecule has 0 radical (unpaired) electrons. The van der Waals surface area contributed by atoms with Gasteiger partial charge in [-0.25, -0.2) is 10.1 Å². The Morgan fingerprint density at radius 1 is 1.39 bits per heavy atom. The number of hydrogen-bond donors (Lipinski definition) is 1. The quantitative estimate of drug-likeness (QED) is 0.844. The third-order valence-corrected chi connectivity index (χ3v) is 4.55. The Hall–Kier alpha value is -1.01. The zero-order chi connectivity index (χ0) is 12.9. The molecule has 1 saturated carbocycles. The van der Waals surface area contributed by atoms with Crippen LogP contribution in [0.5, 0.6) is 0 Å². The molecule has 96 valence electrons. The predicted octanol–water partition coefficient (Wildman–Crippen LogP) is 4.03. The molecule has 2 aromatic rings. The third-order valence-electron chi connectivity index (χ3n) is 2.89. The van der Waals surface area contributed by atoms with Crippen LogP contribution in [0.2, 0.25) is 0 Å². The van der Waals surface area contributed by atoms with Crippen LogP contribution in [0, 0.1) is 4.84 Å². The molecule has 1 aliphatic carbocycles. The van der Waals surface area contributed by atoms with E-state index in [9.17, 15) is 0 Å². The van der Waals surface area contributed by atoms with Crippen molar-refractivity contribution in [3.63, 3.8) is 0 Å². The Morgan fingerprint density at radius 3 is 2.61 bits per heavy atom. The first-order chi connectivity index (χ1) is 8.45. The molecule has 0 aliphatic heterocycles. The highest BCUT2D eigenvalue weighted by Gasteiger charge is 2.33. The molecule has 0 unspecified atom stereocenters. The maximum Gasteiger partial charge on any atom is 0.284 e. The van der Waals surface area contributed by atoms with Crippen molar-refractivity contribution in [1.82, 2.24) is 15.2 Å². The van der Waals surface area contributed by atoms with Crippen molar-refractivity contribution in [2.45, 2.75) is 44.9 Å². The molecule has 3 rings (SSSR count). The van der Waals surface area contributed by atoms with E-state index in [0.29, 0.717) is 16.6 Å². The molecule has 1 fully saturated rings. The highest BCUT2D eigenvalue weighted by Crippen LogP contribution is 2.47. The first-order valence-corrected chi connectivity index (χ1v) is 7.24. The number of hydrogen-bond acceptors (Lipinski definition) is 5. The Balaban J connectivity index is 2.12. The van der Waals surface area contributed by atoms with Gasteiger partial charge in [-0.2, -0.15) is 0 Å². The lowest BCUT2D eigenvalue weighted by Gasteiger charge is -2.13. The molecule has 0 atom stereocenters. The van der Waals surface area contributed by atoms with Gasteiger partial charge in [-0.3, -0.25) is 0 Å². The summed E-state index contributed by atoms with van der Waals surface area (Å²) in [6, 6.07) is 0. The van der Waals surface area contributed by atoms with Crippen LogP contribution < -0.4 is 0 Å². The number of H-pyrrole nitrogens is 1. The van der Waals surface area contributed by atoms with Gasteiger partial charge >= 0.3 is 0 Å². The second-order valence-electron chi connectivity index (χ2n) is 5.68. The van der Waals surface area contributed by atoms with Crippen molar-refractivity contribution in [1.29, 1.82) is 0 Å². The smallest absolute Gasteiger partial charge is 0.284 e. The molecule has 18 heavy (non-hydrogen) atoms. The normalized spacial score (nSPS) is 16.2. The van der Waals surface area contributed by atoms with Gasteiger partial charge in [0.05, 0.1) is 10.7 Å². The van der Waals surface area contributed by atoms with Crippen LogP contribution in [0.3, 0.4) is 0 Å². The van der Waals surface area contributed by atoms with E-state index in [2.05, 4.69) is 31.0 Å². The lowest BCUT2D eigenvalue weighted by molar-refractivity contribution is 0.552. The van der Waals surface area contributed by atoms with Crippen LogP contribution >= 0.6 is 23.6 Å². The zero-order valence-electron chi connectivity index (χ0n) is 10.6. The number of aromatic amines is 1. The summed E-state index contributed by atoms with van der Waals surface area (Å²) in [6.45, 7) is 6.52. The molecular formula is C12H15N3OS2. The van der Waals surface area contributed by atoms with Crippen LogP contribution in [0.1, 0.15) is 50.2 Å². The van der Waals surface area contributed by atoms with Crippen molar-refractivity contribution in [3.05, 3.63) is 15.5 Å². The van der Waals surface area contributed by atoms with Crippen LogP contribution in [0.15, 0.2) is 4.42 Å². The van der Waals surface area contributed by atoms with Crippen LogP contribution in [-0.4, -0.2) is 15.2 Å². The molecule has 1 N–H and O–H groups in total. The van der Waals surface area contributed by atoms with Gasteiger partial charge in [-0.05, 0) is 25.1 Å². The van der Waals surface area contributed by atoms with Crippen LogP contribution in [-0.2, 0) is 5.41 Å². The number of nitrogens with zero attached hydrogens (tertiary/aromatic N) is 2. The van der Waals surface area contributed by atoms with E-state index in [0.717, 1.165) is 15.6 Å². The Morgan fingerprint density at radius 2 is 2.11 bits per heavy atom. The monoisotopic (exact) mass is 281 g/mol. The van der Waals surface area contributed by atoms with Crippen molar-refractivity contribution < 1.29 is 4.42 Å². The number of thiazole rings is 1. The number of aromatic nitrogens is 3. The summed E-state index contributed by atoms with van der Waals surface area (Å²) >= 11 is 6.60. The maximum absolute atomic E-state index is 5.43. The predicted molar refractivity (Wildman–Crippen MR) is 73.5 cm³/mol. The van der Waals surface area contributed by atoms with Crippen molar-refractivity contribution in [2.75, 3.05) is 0 Å². The molecule has 1 aliphatic rings. The summed E-state index contributed by atoms with van der Waals surface area (Å²) in [5.41, 5.74) is 1.19. The highest BCUT2D eigenvalue weighted by molar-refractivity contribution is 7.71. The largest absolute Gasteiger partial charge is 0.408 e. The summed E-state index contributed by atoms with van der Waals surface area (Å²) in [6.07, 6.45) is 2.43. The van der Waals surface area contributed by atoms with E-state index in [1.165, 1.54) is 12.8 Å². The van der Waals surface area contributed by atoms with Crippen LogP contribution in [0.25, 0.3) is 10.8 Å². The average molecular weight is 281 g/mol. The summed E-state index contributed by atoms with van der Waals surface area (Å²) in [7, 11) is 0. The Kier molecular flexibility index (Phi) is 2.67. The highest BCUT2D eigenvalue weighted by atomic mass is 32.1. The van der Waals surface area contributed by atoms with E-state index in [1.807, 2.05) is 0 Å². The van der Waals surface area contributed by atoms with E-state index in [1.54, 1.807) is 11.3 Å². The number of rotatable bonds is 2. The fourth-order valence-electron chi connectivity index (χ4n) is 1.77. The van der Waals surface area contributed by atoms with Crippen LogP contribution in [0.4, 0.5) is 0 Å². The van der Waals surface area contributed by atoms with Gasteiger partial charge in [0.1, 0.15) is 4.88 Å². The average Bonchev–Trinajstić information content (AvgIpc) is 2.86. The van der Waals surface area contributed by atoms with E-state index in [4.69, 9.17) is 21.6 Å². The third kappa shape index (κ3) is 2.14. The molecule has 4 nitrogen and oxygen atoms in total. The second kappa shape index (κ2) is 3.99. The van der Waals surface area contributed by atoms with Gasteiger partial charge in [0.15, 0.2) is 0 Å². The van der Waals surface area contributed by atoms with E-state index < -0.39 is 0 Å². The van der Waals surface area contributed by atoms with Gasteiger partial charge in [0, 0.05) is 11.3 Å². The fourth-order valence-corrected chi connectivity index (χ4v) is 3.03. The summed E-state index contributed by atoms with van der Waals surface area (Å²) in [5, 5.41) is 7.93. The number of nitrogens with one attached hydrogen (secondary N) is 1. The lowest BCUT2D eigenvalue weighted by atomic mass is 9.98. The summed E-state index contributed by atoms with van der Waals surface area (Å²) < 4.78 is 5.43. The van der Waals surface area contributed by atoms with Gasteiger partial charge in [-0.15, -0.1) is 16.4 Å². The molecule has 0 spiro atoms. The first-order valence-electron chi connectivity index (χ1n) is 6.02. The van der Waals surface area contributed by atoms with Gasteiger partial charge < -0.3 is 4.42 Å². The SMILES string of the molecule is CC(C)(C)c1nc(C2CC2)c(-c2n[nH]c(=S)o2)s1. The molecular weight excluding hydrogens is 266 g/mol. The minimum absolute atomic E-state index is 0.0552. The van der Waals surface area contributed by atoms with Gasteiger partial charge in [-0.1, -0.05) is 20.8 Å². The van der Waals surface area contributed by atoms with E-state index >= 15 is 0 Å².